The van der Waals surface area contributed by atoms with E-state index in [0.717, 1.165) is 54.3 Å². The van der Waals surface area contributed by atoms with Gasteiger partial charge in [-0.25, -0.2) is 4.79 Å². The van der Waals surface area contributed by atoms with Crippen molar-refractivity contribution >= 4 is 5.97 Å². The average Bonchev–Trinajstić information content (AvgIpc) is 3.22. The van der Waals surface area contributed by atoms with Crippen molar-refractivity contribution in [3.63, 3.8) is 0 Å². The summed E-state index contributed by atoms with van der Waals surface area (Å²) in [7, 11) is 0. The van der Waals surface area contributed by atoms with Crippen LogP contribution in [0, 0.1) is 52.3 Å². The average molecular weight is 493 g/mol. The van der Waals surface area contributed by atoms with Crippen LogP contribution in [0.1, 0.15) is 122 Å². The van der Waals surface area contributed by atoms with Crippen molar-refractivity contribution in [3.05, 3.63) is 35.9 Å². The van der Waals surface area contributed by atoms with Crippen molar-refractivity contribution in [3.8, 4) is 0 Å². The fourth-order valence-electron chi connectivity index (χ4n) is 10.1. The van der Waals surface area contributed by atoms with Crippen LogP contribution in [0.2, 0.25) is 0 Å². The SMILES string of the molecule is CC(C)CCC[C@@H](C)[C@H]1CC[C@H]2[C@@H]3CCC4C[C@@H](OC(=O)c5ccccc5)CC[C@]4(C)[C@H]3CC[C@]12C. The lowest BCUT2D eigenvalue weighted by Crippen LogP contribution is -2.54. The van der Waals surface area contributed by atoms with E-state index in [4.69, 9.17) is 4.74 Å². The van der Waals surface area contributed by atoms with E-state index in [0.29, 0.717) is 16.4 Å². The quantitative estimate of drug-likeness (QED) is 0.354. The lowest BCUT2D eigenvalue weighted by molar-refractivity contribution is -0.130. The van der Waals surface area contributed by atoms with Crippen molar-refractivity contribution in [2.45, 2.75) is 118 Å². The highest BCUT2D eigenvalue weighted by atomic mass is 16.5. The summed E-state index contributed by atoms with van der Waals surface area (Å²) in [5, 5.41) is 0. The number of esters is 1. The van der Waals surface area contributed by atoms with Gasteiger partial charge < -0.3 is 4.74 Å². The summed E-state index contributed by atoms with van der Waals surface area (Å²) in [4.78, 5) is 12.7. The number of fused-ring (bicyclic) bond motifs is 5. The minimum Gasteiger partial charge on any atom is -0.459 e. The van der Waals surface area contributed by atoms with Crippen LogP contribution in [0.25, 0.3) is 0 Å². The van der Waals surface area contributed by atoms with Crippen LogP contribution in [0.4, 0.5) is 0 Å². The van der Waals surface area contributed by atoms with Crippen LogP contribution in [-0.2, 0) is 4.74 Å². The minimum atomic E-state index is -0.133. The van der Waals surface area contributed by atoms with Gasteiger partial charge in [-0.3, -0.25) is 0 Å². The molecule has 2 nitrogen and oxygen atoms in total. The molecule has 0 aliphatic heterocycles. The molecule has 4 aliphatic carbocycles. The Morgan fingerprint density at radius 3 is 2.36 bits per heavy atom. The lowest BCUT2D eigenvalue weighted by Gasteiger charge is -2.61. The largest absolute Gasteiger partial charge is 0.459 e. The molecule has 0 bridgehead atoms. The molecule has 0 heterocycles. The van der Waals surface area contributed by atoms with Gasteiger partial charge >= 0.3 is 5.97 Å². The summed E-state index contributed by atoms with van der Waals surface area (Å²) in [6.45, 7) is 12.7. The molecule has 1 unspecified atom stereocenters. The van der Waals surface area contributed by atoms with E-state index in [9.17, 15) is 4.79 Å². The number of ether oxygens (including phenoxy) is 1. The van der Waals surface area contributed by atoms with E-state index in [1.807, 2.05) is 30.3 Å². The van der Waals surface area contributed by atoms with Crippen LogP contribution in [0.5, 0.6) is 0 Å². The molecule has 2 heteroatoms. The monoisotopic (exact) mass is 492 g/mol. The Kier molecular flexibility index (Phi) is 7.64. The van der Waals surface area contributed by atoms with Crippen molar-refractivity contribution in [2.24, 2.45) is 52.3 Å². The van der Waals surface area contributed by atoms with Gasteiger partial charge in [0.15, 0.2) is 0 Å². The maximum Gasteiger partial charge on any atom is 0.338 e. The topological polar surface area (TPSA) is 26.3 Å². The molecule has 0 aromatic heterocycles. The van der Waals surface area contributed by atoms with Crippen molar-refractivity contribution in [2.75, 3.05) is 0 Å². The molecule has 0 saturated heterocycles. The molecule has 0 radical (unpaired) electrons. The van der Waals surface area contributed by atoms with Crippen molar-refractivity contribution in [1.29, 1.82) is 0 Å². The summed E-state index contributed by atoms with van der Waals surface area (Å²) < 4.78 is 6.04. The number of carbonyl (C=O) groups is 1. The number of benzene rings is 1. The molecule has 0 amide bonds. The molecule has 1 aromatic rings. The fourth-order valence-corrected chi connectivity index (χ4v) is 10.1. The van der Waals surface area contributed by atoms with Crippen LogP contribution in [-0.4, -0.2) is 12.1 Å². The first-order chi connectivity index (χ1) is 17.2. The highest BCUT2D eigenvalue weighted by molar-refractivity contribution is 5.89. The van der Waals surface area contributed by atoms with E-state index < -0.39 is 0 Å². The normalized spacial score (nSPS) is 40.7. The van der Waals surface area contributed by atoms with Gasteiger partial charge in [0.1, 0.15) is 6.10 Å². The summed E-state index contributed by atoms with van der Waals surface area (Å²) in [6, 6.07) is 9.55. The van der Waals surface area contributed by atoms with Crippen molar-refractivity contribution in [1.82, 2.24) is 0 Å². The number of hydrogen-bond donors (Lipinski definition) is 0. The third kappa shape index (κ3) is 4.80. The van der Waals surface area contributed by atoms with E-state index in [2.05, 4.69) is 34.6 Å². The molecular formula is C34H52O2. The first-order valence-electron chi connectivity index (χ1n) is 15.5. The second-order valence-corrected chi connectivity index (χ2v) is 14.4. The predicted octanol–water partition coefficient (Wildman–Crippen LogP) is 9.33. The van der Waals surface area contributed by atoms with Gasteiger partial charge in [0.2, 0.25) is 0 Å². The molecule has 36 heavy (non-hydrogen) atoms. The maximum atomic E-state index is 12.7. The van der Waals surface area contributed by atoms with Gasteiger partial charge in [0, 0.05) is 0 Å². The number of hydrogen-bond acceptors (Lipinski definition) is 2. The fraction of sp³-hybridized carbons (Fsp3) is 0.794. The number of carbonyl (C=O) groups excluding carboxylic acids is 1. The van der Waals surface area contributed by atoms with Gasteiger partial charge in [-0.15, -0.1) is 0 Å². The molecule has 0 spiro atoms. The third-order valence-corrected chi connectivity index (χ3v) is 12.1. The van der Waals surface area contributed by atoms with Gasteiger partial charge in [-0.2, -0.15) is 0 Å². The highest BCUT2D eigenvalue weighted by Crippen LogP contribution is 2.68. The zero-order valence-electron chi connectivity index (χ0n) is 23.8. The molecule has 4 aliphatic rings. The summed E-state index contributed by atoms with van der Waals surface area (Å²) in [5.74, 6) is 6.01. The van der Waals surface area contributed by atoms with Crippen LogP contribution in [0.15, 0.2) is 30.3 Å². The Hall–Kier alpha value is -1.31. The molecular weight excluding hydrogens is 440 g/mol. The Morgan fingerprint density at radius 1 is 0.889 bits per heavy atom. The Balaban J connectivity index is 1.22. The van der Waals surface area contributed by atoms with E-state index in [-0.39, 0.29) is 12.1 Å². The molecule has 9 atom stereocenters. The predicted molar refractivity (Wildman–Crippen MR) is 149 cm³/mol. The van der Waals surface area contributed by atoms with Crippen molar-refractivity contribution < 1.29 is 9.53 Å². The molecule has 4 fully saturated rings. The second kappa shape index (κ2) is 10.5. The Labute approximate surface area is 221 Å². The first kappa shape index (κ1) is 26.3. The van der Waals surface area contributed by atoms with Gasteiger partial charge in [-0.1, -0.05) is 72.1 Å². The highest BCUT2D eigenvalue weighted by Gasteiger charge is 2.60. The second-order valence-electron chi connectivity index (χ2n) is 14.4. The van der Waals surface area contributed by atoms with Crippen LogP contribution in [0.3, 0.4) is 0 Å². The van der Waals surface area contributed by atoms with Gasteiger partial charge in [-0.05, 0) is 122 Å². The Morgan fingerprint density at radius 2 is 1.61 bits per heavy atom. The minimum absolute atomic E-state index is 0.101. The molecule has 5 rings (SSSR count). The number of rotatable bonds is 7. The zero-order valence-corrected chi connectivity index (χ0v) is 23.8. The molecule has 200 valence electrons. The lowest BCUT2D eigenvalue weighted by atomic mass is 9.44. The molecule has 1 aromatic carbocycles. The maximum absolute atomic E-state index is 12.7. The summed E-state index contributed by atoms with van der Waals surface area (Å²) in [6.07, 6.45) is 16.3. The van der Waals surface area contributed by atoms with E-state index in [1.54, 1.807) is 0 Å². The van der Waals surface area contributed by atoms with E-state index in [1.165, 1.54) is 64.2 Å². The summed E-state index contributed by atoms with van der Waals surface area (Å²) >= 11 is 0. The summed E-state index contributed by atoms with van der Waals surface area (Å²) in [5.41, 5.74) is 1.71. The molecule has 4 saturated carbocycles. The van der Waals surface area contributed by atoms with Crippen LogP contribution >= 0.6 is 0 Å². The van der Waals surface area contributed by atoms with Gasteiger partial charge in [0.25, 0.3) is 0 Å². The van der Waals surface area contributed by atoms with E-state index >= 15 is 0 Å². The zero-order chi connectivity index (χ0) is 25.5. The smallest absolute Gasteiger partial charge is 0.338 e. The third-order valence-electron chi connectivity index (χ3n) is 12.1. The Bertz CT molecular complexity index is 892. The van der Waals surface area contributed by atoms with Crippen LogP contribution < -0.4 is 0 Å². The molecule has 0 N–H and O–H groups in total. The standard InChI is InChI=1S/C34H52O2/c1-23(2)10-9-11-24(3)29-16-17-30-28-15-14-26-22-27(36-32(35)25-12-7-6-8-13-25)18-20-33(26,4)31(28)19-21-34(29,30)5/h6-8,12-13,23-24,26-31H,9-11,14-22H2,1-5H3/t24-,26?,27+,28+,29-,30+,31+,33+,34-/m1/s1. The van der Waals surface area contributed by atoms with Gasteiger partial charge in [0.05, 0.1) is 5.56 Å². The first-order valence-corrected chi connectivity index (χ1v) is 15.5.